The zero-order valence-corrected chi connectivity index (χ0v) is 27.9. The molecule has 0 aliphatic carbocycles. The highest BCUT2D eigenvalue weighted by molar-refractivity contribution is 6.28. The highest BCUT2D eigenvalue weighted by Gasteiger charge is 2.24. The molecule has 0 N–H and O–H groups in total. The summed E-state index contributed by atoms with van der Waals surface area (Å²) in [6.45, 7) is 0. The number of benzene rings is 10. The predicted molar refractivity (Wildman–Crippen MR) is 215 cm³/mol. The van der Waals surface area contributed by atoms with E-state index in [2.05, 4.69) is 137 Å². The molecule has 0 bridgehead atoms. The van der Waals surface area contributed by atoms with Gasteiger partial charge in [-0.05, 0) is 93.0 Å². The summed E-state index contributed by atoms with van der Waals surface area (Å²) in [5.74, 6) is -0.298. The van der Waals surface area contributed by atoms with Crippen LogP contribution >= 0.6 is 0 Å². The lowest BCUT2D eigenvalue weighted by atomic mass is 9.91. The molecule has 1 heterocycles. The number of furan rings is 1. The molecule has 11 aromatic rings. The van der Waals surface area contributed by atoms with Crippen LogP contribution in [0.3, 0.4) is 0 Å². The molecule has 0 aliphatic heterocycles. The van der Waals surface area contributed by atoms with Crippen LogP contribution in [0.1, 0.15) is 0 Å². The highest BCUT2D eigenvalue weighted by Crippen LogP contribution is 2.49. The quantitative estimate of drug-likeness (QED) is 0.164. The number of halogens is 1. The Morgan fingerprint density at radius 1 is 0.346 bits per heavy atom. The topological polar surface area (TPSA) is 19.6 Å². The lowest BCUT2D eigenvalue weighted by Crippen LogP contribution is -2.12. The molecule has 0 spiro atoms. The first-order valence-electron chi connectivity index (χ1n) is 17.5. The van der Waals surface area contributed by atoms with Crippen molar-refractivity contribution in [3.63, 3.8) is 0 Å². The lowest BCUT2D eigenvalue weighted by Gasteiger charge is -2.29. The molecule has 52 heavy (non-hydrogen) atoms. The van der Waals surface area contributed by atoms with Crippen molar-refractivity contribution in [2.24, 2.45) is 0 Å². The highest BCUT2D eigenvalue weighted by atomic mass is 19.1. The van der Waals surface area contributed by atoms with Gasteiger partial charge in [0.2, 0.25) is 0 Å². The van der Waals surface area contributed by atoms with E-state index >= 15 is 4.39 Å². The fourth-order valence-electron chi connectivity index (χ4n) is 8.35. The van der Waals surface area contributed by atoms with E-state index in [1.807, 2.05) is 36.4 Å². The lowest BCUT2D eigenvalue weighted by molar-refractivity contribution is 0.629. The minimum atomic E-state index is -0.298. The summed E-state index contributed by atoms with van der Waals surface area (Å²) >= 11 is 0. The molecule has 244 valence electrons. The van der Waals surface area contributed by atoms with Crippen LogP contribution < -0.4 is 9.80 Å². The Labute approximate surface area is 298 Å². The maximum absolute atomic E-state index is 16.1. The Bertz CT molecular complexity index is 3060. The van der Waals surface area contributed by atoms with E-state index in [4.69, 9.17) is 4.42 Å². The van der Waals surface area contributed by atoms with Gasteiger partial charge in [0.25, 0.3) is 0 Å². The smallest absolute Gasteiger partial charge is 0.147 e. The van der Waals surface area contributed by atoms with Crippen LogP contribution in [0.4, 0.5) is 38.5 Å². The molecule has 11 rings (SSSR count). The first-order chi connectivity index (χ1) is 25.7. The summed E-state index contributed by atoms with van der Waals surface area (Å²) in [5, 5.41) is 11.2. The van der Waals surface area contributed by atoms with Crippen molar-refractivity contribution in [1.29, 1.82) is 0 Å². The van der Waals surface area contributed by atoms with Gasteiger partial charge >= 0.3 is 0 Å². The van der Waals surface area contributed by atoms with Crippen molar-refractivity contribution in [1.82, 2.24) is 0 Å². The SMILES string of the molecule is Fc1ccccc1N(c1cc2ccc3cccc4oc(c1)c2c34)c1ccc2ccc3c(N(c4ccccc4)c4ccccc4)ccc4ccc1c2c43. The zero-order chi connectivity index (χ0) is 34.3. The second-order valence-corrected chi connectivity index (χ2v) is 13.4. The van der Waals surface area contributed by atoms with Gasteiger partial charge in [0.15, 0.2) is 0 Å². The van der Waals surface area contributed by atoms with E-state index in [0.29, 0.717) is 5.69 Å². The van der Waals surface area contributed by atoms with Crippen molar-refractivity contribution in [3.05, 3.63) is 182 Å². The molecule has 0 aliphatic rings. The van der Waals surface area contributed by atoms with Crippen LogP contribution in [0.25, 0.3) is 65.0 Å². The van der Waals surface area contributed by atoms with Gasteiger partial charge in [-0.15, -0.1) is 0 Å². The summed E-state index contributed by atoms with van der Waals surface area (Å²) in [7, 11) is 0. The summed E-state index contributed by atoms with van der Waals surface area (Å²) < 4.78 is 22.5. The first-order valence-corrected chi connectivity index (χ1v) is 17.5. The standard InChI is InChI=1S/C48H29FN2O/c49-39-15-7-8-16-42(39)51(36-28-33-19-18-30-10-9-17-43-47(30)48(33)44(29-36)52-43)41-27-23-32-20-24-37-40(26-22-31-21-25-38(41)46(32)45(31)37)50(34-11-3-1-4-12-34)35-13-5-2-6-14-35/h1-29H. The Hall–Kier alpha value is -6.91. The first kappa shape index (κ1) is 28.9. The van der Waals surface area contributed by atoms with Gasteiger partial charge < -0.3 is 14.2 Å². The summed E-state index contributed by atoms with van der Waals surface area (Å²) in [4.78, 5) is 4.38. The van der Waals surface area contributed by atoms with Crippen LogP contribution in [0.5, 0.6) is 0 Å². The Kier molecular flexibility index (Phi) is 6.13. The summed E-state index contributed by atoms with van der Waals surface area (Å²) in [5.41, 5.74) is 7.09. The maximum atomic E-state index is 16.1. The Morgan fingerprint density at radius 2 is 0.885 bits per heavy atom. The number of rotatable bonds is 6. The van der Waals surface area contributed by atoms with Crippen molar-refractivity contribution in [2.75, 3.05) is 9.80 Å². The molecule has 0 saturated carbocycles. The molecule has 0 radical (unpaired) electrons. The third-order valence-electron chi connectivity index (χ3n) is 10.6. The second-order valence-electron chi connectivity index (χ2n) is 13.4. The van der Waals surface area contributed by atoms with Crippen molar-refractivity contribution in [2.45, 2.75) is 0 Å². The van der Waals surface area contributed by atoms with Gasteiger partial charge in [0.05, 0.1) is 22.7 Å². The van der Waals surface area contributed by atoms with E-state index in [-0.39, 0.29) is 5.82 Å². The molecular weight excluding hydrogens is 640 g/mol. The molecule has 0 saturated heterocycles. The summed E-state index contributed by atoms with van der Waals surface area (Å²) in [6.07, 6.45) is 0. The van der Waals surface area contributed by atoms with E-state index in [1.165, 1.54) is 11.5 Å². The van der Waals surface area contributed by atoms with Gasteiger partial charge in [-0.2, -0.15) is 0 Å². The van der Waals surface area contributed by atoms with Crippen LogP contribution in [0.2, 0.25) is 0 Å². The number of hydrogen-bond acceptors (Lipinski definition) is 3. The van der Waals surface area contributed by atoms with Crippen LogP contribution in [0, 0.1) is 5.82 Å². The predicted octanol–water partition coefficient (Wildman–Crippen LogP) is 14.2. The minimum Gasteiger partial charge on any atom is -0.456 e. The van der Waals surface area contributed by atoms with Crippen molar-refractivity contribution >= 4 is 99.2 Å². The molecule has 10 aromatic carbocycles. The summed E-state index contributed by atoms with van der Waals surface area (Å²) in [6, 6.07) is 60.3. The van der Waals surface area contributed by atoms with Crippen molar-refractivity contribution < 1.29 is 8.81 Å². The normalized spacial score (nSPS) is 11.9. The molecule has 4 heteroatoms. The van der Waals surface area contributed by atoms with Gasteiger partial charge in [0, 0.05) is 39.0 Å². The van der Waals surface area contributed by atoms with E-state index < -0.39 is 0 Å². The van der Waals surface area contributed by atoms with Crippen LogP contribution in [-0.4, -0.2) is 0 Å². The average molecular weight is 669 g/mol. The molecule has 3 nitrogen and oxygen atoms in total. The third kappa shape index (κ3) is 4.18. The number of nitrogens with zero attached hydrogens (tertiary/aromatic N) is 2. The fraction of sp³-hybridized carbons (Fsp3) is 0. The zero-order valence-electron chi connectivity index (χ0n) is 27.9. The minimum absolute atomic E-state index is 0.298. The second kappa shape index (κ2) is 11.0. The van der Waals surface area contributed by atoms with E-state index in [0.717, 1.165) is 88.1 Å². The van der Waals surface area contributed by atoms with Crippen LogP contribution in [0.15, 0.2) is 180 Å². The van der Waals surface area contributed by atoms with Gasteiger partial charge in [-0.25, -0.2) is 4.39 Å². The average Bonchev–Trinajstić information content (AvgIpc) is 3.58. The van der Waals surface area contributed by atoms with Crippen molar-refractivity contribution in [3.8, 4) is 0 Å². The van der Waals surface area contributed by atoms with E-state index in [1.54, 1.807) is 6.07 Å². The Morgan fingerprint density at radius 3 is 1.56 bits per heavy atom. The van der Waals surface area contributed by atoms with Gasteiger partial charge in [-0.1, -0.05) is 109 Å². The fourth-order valence-corrected chi connectivity index (χ4v) is 8.35. The molecular formula is C48H29FN2O. The number of para-hydroxylation sites is 3. The van der Waals surface area contributed by atoms with Crippen LogP contribution in [-0.2, 0) is 0 Å². The largest absolute Gasteiger partial charge is 0.456 e. The molecule has 0 fully saturated rings. The van der Waals surface area contributed by atoms with Gasteiger partial charge in [-0.3, -0.25) is 0 Å². The number of hydrogen-bond donors (Lipinski definition) is 0. The monoisotopic (exact) mass is 668 g/mol. The Balaban J connectivity index is 1.19. The third-order valence-corrected chi connectivity index (χ3v) is 10.6. The van der Waals surface area contributed by atoms with Gasteiger partial charge in [0.1, 0.15) is 17.0 Å². The van der Waals surface area contributed by atoms with E-state index in [9.17, 15) is 0 Å². The maximum Gasteiger partial charge on any atom is 0.147 e. The molecule has 0 unspecified atom stereocenters. The number of anilines is 6. The molecule has 0 atom stereocenters. The molecule has 0 amide bonds. The molecule has 1 aromatic heterocycles.